The van der Waals surface area contributed by atoms with Crippen LogP contribution in [0.3, 0.4) is 0 Å². The van der Waals surface area contributed by atoms with Gasteiger partial charge in [0.05, 0.1) is 6.04 Å². The van der Waals surface area contributed by atoms with Crippen molar-refractivity contribution in [1.82, 2.24) is 9.80 Å². The van der Waals surface area contributed by atoms with Gasteiger partial charge in [0.25, 0.3) is 0 Å². The average Bonchev–Trinajstić information content (AvgIpc) is 2.72. The molecule has 2 bridgehead atoms. The van der Waals surface area contributed by atoms with Crippen molar-refractivity contribution in [3.05, 3.63) is 35.9 Å². The number of carbonyl (C=O) groups is 1. The van der Waals surface area contributed by atoms with E-state index in [1.807, 2.05) is 30.3 Å². The lowest BCUT2D eigenvalue weighted by Crippen LogP contribution is -2.44. The first-order chi connectivity index (χ1) is 9.66. The van der Waals surface area contributed by atoms with E-state index in [1.54, 1.807) is 0 Å². The van der Waals surface area contributed by atoms with Gasteiger partial charge in [0.2, 0.25) is 0 Å². The number of likely N-dealkylation sites (tertiary alicyclic amines) is 1. The topological polar surface area (TPSA) is 23.6 Å². The third kappa shape index (κ3) is 2.52. The van der Waals surface area contributed by atoms with E-state index in [0.717, 1.165) is 24.7 Å². The Bertz CT molecular complexity index is 473. The quantitative estimate of drug-likeness (QED) is 0.790. The minimum atomic E-state index is -0.00912. The monoisotopic (exact) mass is 272 g/mol. The molecule has 20 heavy (non-hydrogen) atoms. The molecule has 3 atom stereocenters. The maximum Gasteiger partial charge on any atom is 0.179 e. The number of benzene rings is 1. The van der Waals surface area contributed by atoms with Crippen LogP contribution in [0.4, 0.5) is 0 Å². The van der Waals surface area contributed by atoms with Gasteiger partial charge >= 0.3 is 0 Å². The highest BCUT2D eigenvalue weighted by Gasteiger charge is 2.36. The number of likely N-dealkylation sites (N-methyl/N-ethyl adjacent to an activating group) is 1. The number of rotatable bonds is 3. The highest BCUT2D eigenvalue weighted by Crippen LogP contribution is 2.29. The lowest BCUT2D eigenvalue weighted by Gasteiger charge is -2.30. The smallest absolute Gasteiger partial charge is 0.179 e. The molecule has 0 N–H and O–H groups in total. The second-order valence-corrected chi connectivity index (χ2v) is 6.24. The first-order valence-corrected chi connectivity index (χ1v) is 7.72. The highest BCUT2D eigenvalue weighted by atomic mass is 16.1. The van der Waals surface area contributed by atoms with Gasteiger partial charge in [0.15, 0.2) is 5.78 Å². The summed E-state index contributed by atoms with van der Waals surface area (Å²) in [5.74, 6) is 0.256. The fourth-order valence-corrected chi connectivity index (χ4v) is 3.70. The molecule has 1 aromatic rings. The van der Waals surface area contributed by atoms with E-state index in [0.29, 0.717) is 6.04 Å². The van der Waals surface area contributed by atoms with Crippen LogP contribution < -0.4 is 0 Å². The van der Waals surface area contributed by atoms with Crippen molar-refractivity contribution in [1.29, 1.82) is 0 Å². The first kappa shape index (κ1) is 13.8. The van der Waals surface area contributed by atoms with Gasteiger partial charge in [-0.1, -0.05) is 30.3 Å². The van der Waals surface area contributed by atoms with Crippen molar-refractivity contribution < 1.29 is 4.79 Å². The second kappa shape index (κ2) is 5.66. The van der Waals surface area contributed by atoms with Crippen molar-refractivity contribution in [2.24, 2.45) is 0 Å². The fraction of sp³-hybridized carbons (Fsp3) is 0.588. The van der Waals surface area contributed by atoms with Crippen LogP contribution in [0.15, 0.2) is 30.3 Å². The normalized spacial score (nSPS) is 29.1. The number of fused-ring (bicyclic) bond motifs is 2. The van der Waals surface area contributed by atoms with Gasteiger partial charge in [0.1, 0.15) is 0 Å². The number of ketones is 1. The van der Waals surface area contributed by atoms with Crippen LogP contribution in [0.5, 0.6) is 0 Å². The Morgan fingerprint density at radius 1 is 1.15 bits per heavy atom. The van der Waals surface area contributed by atoms with Gasteiger partial charge < -0.3 is 0 Å². The molecule has 0 saturated carbocycles. The lowest BCUT2D eigenvalue weighted by molar-refractivity contribution is 0.0824. The number of nitrogens with zero attached hydrogens (tertiary/aromatic N) is 2. The van der Waals surface area contributed by atoms with Crippen LogP contribution in [0, 0.1) is 0 Å². The molecule has 0 aromatic heterocycles. The molecule has 2 aliphatic rings. The molecule has 0 aliphatic carbocycles. The average molecular weight is 272 g/mol. The molecule has 2 saturated heterocycles. The highest BCUT2D eigenvalue weighted by molar-refractivity contribution is 5.99. The molecule has 1 aromatic carbocycles. The minimum absolute atomic E-state index is 0.00912. The second-order valence-electron chi connectivity index (χ2n) is 6.24. The molecule has 0 spiro atoms. The van der Waals surface area contributed by atoms with Crippen molar-refractivity contribution >= 4 is 5.78 Å². The van der Waals surface area contributed by atoms with Crippen LogP contribution in [0.25, 0.3) is 0 Å². The Morgan fingerprint density at radius 2 is 1.85 bits per heavy atom. The summed E-state index contributed by atoms with van der Waals surface area (Å²) in [4.78, 5) is 17.5. The summed E-state index contributed by atoms with van der Waals surface area (Å²) in [6.45, 7) is 4.15. The third-order valence-electron chi connectivity index (χ3n) is 5.17. The summed E-state index contributed by atoms with van der Waals surface area (Å²) in [6, 6.07) is 11.0. The maximum atomic E-state index is 12.6. The van der Waals surface area contributed by atoms with E-state index in [9.17, 15) is 4.79 Å². The van der Waals surface area contributed by atoms with Crippen LogP contribution in [-0.2, 0) is 0 Å². The predicted molar refractivity (Wildman–Crippen MR) is 81.0 cm³/mol. The maximum absolute atomic E-state index is 12.6. The molecule has 2 aliphatic heterocycles. The molecule has 2 fully saturated rings. The summed E-state index contributed by atoms with van der Waals surface area (Å²) in [7, 11) is 2.25. The SMILES string of the molecule is CC(C(=O)c1ccccc1)N1CCC2CCC(C1)N2C. The summed E-state index contributed by atoms with van der Waals surface area (Å²) < 4.78 is 0. The fourth-order valence-electron chi connectivity index (χ4n) is 3.70. The van der Waals surface area contributed by atoms with E-state index in [1.165, 1.54) is 19.3 Å². The number of hydrogen-bond acceptors (Lipinski definition) is 3. The van der Waals surface area contributed by atoms with Crippen LogP contribution in [0.1, 0.15) is 36.5 Å². The van der Waals surface area contributed by atoms with E-state index in [-0.39, 0.29) is 11.8 Å². The van der Waals surface area contributed by atoms with E-state index in [4.69, 9.17) is 0 Å². The van der Waals surface area contributed by atoms with Crippen molar-refractivity contribution in [2.45, 2.75) is 44.3 Å². The molecule has 3 heteroatoms. The Balaban J connectivity index is 1.71. The van der Waals surface area contributed by atoms with Crippen molar-refractivity contribution in [3.8, 4) is 0 Å². The molecular formula is C17H24N2O. The van der Waals surface area contributed by atoms with E-state index < -0.39 is 0 Å². The summed E-state index contributed by atoms with van der Waals surface area (Å²) in [6.07, 6.45) is 3.80. The van der Waals surface area contributed by atoms with Gasteiger partial charge in [-0.2, -0.15) is 0 Å². The molecule has 2 heterocycles. The van der Waals surface area contributed by atoms with Gasteiger partial charge in [-0.15, -0.1) is 0 Å². The zero-order chi connectivity index (χ0) is 14.1. The zero-order valence-electron chi connectivity index (χ0n) is 12.5. The van der Waals surface area contributed by atoms with Gasteiger partial charge in [-0.3, -0.25) is 14.6 Å². The standard InChI is InChI=1S/C17H24N2O/c1-13(17(20)14-6-4-3-5-7-14)19-11-10-15-8-9-16(12-19)18(15)2/h3-7,13,15-16H,8-12H2,1-2H3. The van der Waals surface area contributed by atoms with Crippen LogP contribution >= 0.6 is 0 Å². The molecule has 0 amide bonds. The van der Waals surface area contributed by atoms with Gasteiger partial charge in [-0.05, 0) is 33.2 Å². The summed E-state index contributed by atoms with van der Waals surface area (Å²) in [5.41, 5.74) is 0.836. The number of Topliss-reactive ketones (excluding diaryl/α,β-unsaturated/α-hetero) is 1. The van der Waals surface area contributed by atoms with Crippen LogP contribution in [0.2, 0.25) is 0 Å². The summed E-state index contributed by atoms with van der Waals surface area (Å²) in [5, 5.41) is 0. The van der Waals surface area contributed by atoms with E-state index >= 15 is 0 Å². The summed E-state index contributed by atoms with van der Waals surface area (Å²) >= 11 is 0. The largest absolute Gasteiger partial charge is 0.299 e. The molecule has 108 valence electrons. The third-order valence-corrected chi connectivity index (χ3v) is 5.17. The van der Waals surface area contributed by atoms with Gasteiger partial charge in [0, 0.05) is 30.7 Å². The Kier molecular flexibility index (Phi) is 3.90. The van der Waals surface area contributed by atoms with Crippen molar-refractivity contribution in [2.75, 3.05) is 20.1 Å². The molecular weight excluding hydrogens is 248 g/mol. The van der Waals surface area contributed by atoms with Gasteiger partial charge in [-0.25, -0.2) is 0 Å². The number of hydrogen-bond donors (Lipinski definition) is 0. The van der Waals surface area contributed by atoms with E-state index in [2.05, 4.69) is 23.8 Å². The Hall–Kier alpha value is -1.19. The molecule has 3 nitrogen and oxygen atoms in total. The van der Waals surface area contributed by atoms with Crippen molar-refractivity contribution in [3.63, 3.8) is 0 Å². The number of carbonyl (C=O) groups excluding carboxylic acids is 1. The Labute approximate surface area is 121 Å². The molecule has 0 radical (unpaired) electrons. The minimum Gasteiger partial charge on any atom is -0.299 e. The molecule has 3 rings (SSSR count). The lowest BCUT2D eigenvalue weighted by atomic mass is 10.0. The Morgan fingerprint density at radius 3 is 2.60 bits per heavy atom. The predicted octanol–water partition coefficient (Wildman–Crippen LogP) is 2.43. The van der Waals surface area contributed by atoms with Crippen LogP contribution in [-0.4, -0.2) is 53.8 Å². The zero-order valence-corrected chi connectivity index (χ0v) is 12.5. The first-order valence-electron chi connectivity index (χ1n) is 7.72. The molecule has 3 unspecified atom stereocenters.